The maximum absolute atomic E-state index is 12.6. The van der Waals surface area contributed by atoms with Crippen LogP contribution in [0.3, 0.4) is 0 Å². The number of carbonyl (C=O) groups excluding carboxylic acids is 1. The number of alkyl halides is 2. The maximum Gasteiger partial charge on any atom is 0.300 e. The van der Waals surface area contributed by atoms with E-state index in [4.69, 9.17) is 23.2 Å². The Morgan fingerprint density at radius 2 is 1.64 bits per heavy atom. The van der Waals surface area contributed by atoms with E-state index in [1.165, 1.54) is 0 Å². The second-order valence-corrected chi connectivity index (χ2v) is 3.22. The van der Waals surface area contributed by atoms with Crippen molar-refractivity contribution in [2.45, 2.75) is 6.43 Å². The van der Waals surface area contributed by atoms with E-state index in [9.17, 15) is 18.0 Å². The van der Waals surface area contributed by atoms with Crippen LogP contribution in [0.1, 0.15) is 10.4 Å². The quantitative estimate of drug-likeness (QED) is 0.725. The predicted octanol–water partition coefficient (Wildman–Crippen LogP) is 3.58. The van der Waals surface area contributed by atoms with E-state index in [1.807, 2.05) is 0 Å². The first-order chi connectivity index (χ1) is 6.43. The summed E-state index contributed by atoms with van der Waals surface area (Å²) in [5.41, 5.74) is -0.551. The highest BCUT2D eigenvalue weighted by atomic mass is 35.5. The molecule has 1 rings (SSSR count). The smallest absolute Gasteiger partial charge is 0.288 e. The van der Waals surface area contributed by atoms with Crippen LogP contribution in [0.25, 0.3) is 0 Å². The van der Waals surface area contributed by atoms with Crippen LogP contribution in [-0.2, 0) is 0 Å². The number of benzene rings is 1. The minimum atomic E-state index is -3.21. The normalized spacial score (nSPS) is 10.7. The average Bonchev–Trinajstić information content (AvgIpc) is 2.01. The standard InChI is InChI=1S/C8H3Cl2F3O/c9-4-1-3(11)2-5(10)6(4)7(14)8(12)13/h1-2,8H. The zero-order valence-corrected chi connectivity index (χ0v) is 8.04. The highest BCUT2D eigenvalue weighted by molar-refractivity contribution is 6.40. The molecule has 14 heavy (non-hydrogen) atoms. The fourth-order valence-corrected chi connectivity index (χ4v) is 1.53. The van der Waals surface area contributed by atoms with Gasteiger partial charge in [0, 0.05) is 0 Å². The van der Waals surface area contributed by atoms with Crippen molar-refractivity contribution in [2.75, 3.05) is 0 Å². The molecule has 0 saturated heterocycles. The van der Waals surface area contributed by atoms with E-state index in [-0.39, 0.29) is 0 Å². The lowest BCUT2D eigenvalue weighted by atomic mass is 10.1. The molecule has 0 aliphatic carbocycles. The number of hydrogen-bond acceptors (Lipinski definition) is 1. The van der Waals surface area contributed by atoms with E-state index in [0.29, 0.717) is 0 Å². The maximum atomic E-state index is 12.6. The molecule has 0 saturated carbocycles. The molecule has 1 nitrogen and oxygen atoms in total. The van der Waals surface area contributed by atoms with Gasteiger partial charge < -0.3 is 0 Å². The van der Waals surface area contributed by atoms with E-state index in [2.05, 4.69) is 0 Å². The summed E-state index contributed by atoms with van der Waals surface area (Å²) in [5.74, 6) is -2.30. The molecule has 0 atom stereocenters. The summed E-state index contributed by atoms with van der Waals surface area (Å²) < 4.78 is 36.6. The lowest BCUT2D eigenvalue weighted by molar-refractivity contribution is 0.0679. The van der Waals surface area contributed by atoms with Crippen LogP contribution in [0.5, 0.6) is 0 Å². The van der Waals surface area contributed by atoms with Gasteiger partial charge in [-0.1, -0.05) is 23.2 Å². The zero-order valence-electron chi connectivity index (χ0n) is 6.53. The molecule has 1 aromatic rings. The summed E-state index contributed by atoms with van der Waals surface area (Å²) in [6, 6.07) is 1.51. The van der Waals surface area contributed by atoms with Crippen LogP contribution in [0, 0.1) is 5.82 Å². The summed E-state index contributed by atoms with van der Waals surface area (Å²) >= 11 is 10.8. The second kappa shape index (κ2) is 4.19. The van der Waals surface area contributed by atoms with Crippen LogP contribution in [0.4, 0.5) is 13.2 Å². The third kappa shape index (κ3) is 2.19. The van der Waals surface area contributed by atoms with Crippen molar-refractivity contribution in [2.24, 2.45) is 0 Å². The van der Waals surface area contributed by atoms with Crippen LogP contribution in [0.15, 0.2) is 12.1 Å². The molecule has 0 aromatic heterocycles. The Hall–Kier alpha value is -0.740. The number of hydrogen-bond donors (Lipinski definition) is 0. The number of halogens is 5. The fraction of sp³-hybridized carbons (Fsp3) is 0.125. The molecule has 0 unspecified atom stereocenters. The fourth-order valence-electron chi connectivity index (χ4n) is 0.887. The van der Waals surface area contributed by atoms with Gasteiger partial charge in [0.1, 0.15) is 5.82 Å². The molecule has 76 valence electrons. The van der Waals surface area contributed by atoms with Crippen LogP contribution >= 0.6 is 23.2 Å². The molecule has 0 heterocycles. The van der Waals surface area contributed by atoms with Crippen molar-refractivity contribution in [1.82, 2.24) is 0 Å². The Morgan fingerprint density at radius 3 is 2.00 bits per heavy atom. The largest absolute Gasteiger partial charge is 0.300 e. The minimum absolute atomic E-state index is 0.416. The number of ketones is 1. The molecular formula is C8H3Cl2F3O. The number of Topliss-reactive ketones (excluding diaryl/α,β-unsaturated/α-hetero) is 1. The van der Waals surface area contributed by atoms with Gasteiger partial charge in [0.15, 0.2) is 0 Å². The summed E-state index contributed by atoms with van der Waals surface area (Å²) in [4.78, 5) is 10.9. The molecule has 0 aliphatic heterocycles. The predicted molar refractivity (Wildman–Crippen MR) is 46.8 cm³/mol. The summed E-state index contributed by atoms with van der Waals surface area (Å²) in [7, 11) is 0. The minimum Gasteiger partial charge on any atom is -0.288 e. The highest BCUT2D eigenvalue weighted by Crippen LogP contribution is 2.27. The molecule has 0 amide bonds. The van der Waals surface area contributed by atoms with E-state index in [0.717, 1.165) is 12.1 Å². The molecule has 0 aliphatic rings. The van der Waals surface area contributed by atoms with Gasteiger partial charge in [-0.25, -0.2) is 13.2 Å². The van der Waals surface area contributed by atoms with Gasteiger partial charge >= 0.3 is 6.43 Å². The van der Waals surface area contributed by atoms with Gasteiger partial charge in [0.2, 0.25) is 5.78 Å². The molecule has 0 N–H and O–H groups in total. The first-order valence-corrected chi connectivity index (χ1v) is 4.16. The van der Waals surface area contributed by atoms with Crippen LogP contribution in [-0.4, -0.2) is 12.2 Å². The Morgan fingerprint density at radius 1 is 1.21 bits per heavy atom. The molecule has 0 fully saturated rings. The molecule has 1 aromatic carbocycles. The number of carbonyl (C=O) groups is 1. The SMILES string of the molecule is O=C(c1c(Cl)cc(F)cc1Cl)C(F)F. The first kappa shape index (κ1) is 11.3. The van der Waals surface area contributed by atoms with Gasteiger partial charge in [-0.2, -0.15) is 0 Å². The number of rotatable bonds is 2. The average molecular weight is 243 g/mol. The summed E-state index contributed by atoms with van der Waals surface area (Å²) in [6.45, 7) is 0. The lowest BCUT2D eigenvalue weighted by Crippen LogP contribution is -2.11. The molecule has 0 radical (unpaired) electrons. The lowest BCUT2D eigenvalue weighted by Gasteiger charge is -2.04. The van der Waals surface area contributed by atoms with Crippen molar-refractivity contribution in [3.8, 4) is 0 Å². The van der Waals surface area contributed by atoms with Crippen molar-refractivity contribution < 1.29 is 18.0 Å². The zero-order chi connectivity index (χ0) is 10.9. The molecule has 6 heteroatoms. The van der Waals surface area contributed by atoms with Gasteiger partial charge in [-0.05, 0) is 12.1 Å². The van der Waals surface area contributed by atoms with Gasteiger partial charge in [-0.3, -0.25) is 4.79 Å². The first-order valence-electron chi connectivity index (χ1n) is 3.40. The Kier molecular flexibility index (Phi) is 3.39. The van der Waals surface area contributed by atoms with E-state index in [1.54, 1.807) is 0 Å². The van der Waals surface area contributed by atoms with E-state index < -0.39 is 33.6 Å². The van der Waals surface area contributed by atoms with Crippen molar-refractivity contribution in [1.29, 1.82) is 0 Å². The Balaban J connectivity index is 3.28. The monoisotopic (exact) mass is 242 g/mol. The van der Waals surface area contributed by atoms with Crippen LogP contribution in [0.2, 0.25) is 10.0 Å². The third-order valence-corrected chi connectivity index (χ3v) is 2.05. The van der Waals surface area contributed by atoms with Gasteiger partial charge in [-0.15, -0.1) is 0 Å². The molecule has 0 spiro atoms. The van der Waals surface area contributed by atoms with Crippen molar-refractivity contribution in [3.63, 3.8) is 0 Å². The van der Waals surface area contributed by atoms with E-state index >= 15 is 0 Å². The summed E-state index contributed by atoms with van der Waals surface area (Å²) in [6.07, 6.45) is -3.21. The molecular weight excluding hydrogens is 240 g/mol. The summed E-state index contributed by atoms with van der Waals surface area (Å²) in [5, 5.41) is -0.833. The molecule has 0 bridgehead atoms. The van der Waals surface area contributed by atoms with Crippen LogP contribution < -0.4 is 0 Å². The Labute approximate surface area is 87.4 Å². The van der Waals surface area contributed by atoms with Crippen molar-refractivity contribution in [3.05, 3.63) is 33.6 Å². The van der Waals surface area contributed by atoms with Gasteiger partial charge in [0.05, 0.1) is 15.6 Å². The second-order valence-electron chi connectivity index (χ2n) is 2.41. The third-order valence-electron chi connectivity index (χ3n) is 1.45. The highest BCUT2D eigenvalue weighted by Gasteiger charge is 2.23. The topological polar surface area (TPSA) is 17.1 Å². The van der Waals surface area contributed by atoms with Crippen molar-refractivity contribution >= 4 is 29.0 Å². The van der Waals surface area contributed by atoms with Gasteiger partial charge in [0.25, 0.3) is 0 Å². The Bertz CT molecular complexity index is 356.